The zero-order chi connectivity index (χ0) is 17.2. The lowest BCUT2D eigenvalue weighted by Gasteiger charge is -2.39. The van der Waals surface area contributed by atoms with Crippen molar-refractivity contribution in [2.45, 2.75) is 37.8 Å². The molecule has 0 saturated carbocycles. The largest absolute Gasteiger partial charge is 0.441 e. The summed E-state index contributed by atoms with van der Waals surface area (Å²) >= 11 is 0. The van der Waals surface area contributed by atoms with Crippen LogP contribution in [0.4, 0.5) is 4.79 Å². The minimum absolute atomic E-state index is 0.220. The molecule has 2 heterocycles. The Balaban J connectivity index is 1.54. The number of hydrogen-bond acceptors (Lipinski definition) is 4. The number of amides is 2. The lowest BCUT2D eigenvalue weighted by atomic mass is 9.90. The fourth-order valence-corrected chi connectivity index (χ4v) is 3.53. The predicted molar refractivity (Wildman–Crippen MR) is 90.4 cm³/mol. The second kappa shape index (κ2) is 6.81. The Hall–Kier alpha value is -2.08. The molecule has 0 bridgehead atoms. The van der Waals surface area contributed by atoms with Crippen molar-refractivity contribution in [3.8, 4) is 0 Å². The third kappa shape index (κ3) is 3.53. The summed E-state index contributed by atoms with van der Waals surface area (Å²) in [6.07, 6.45) is 2.11. The van der Waals surface area contributed by atoms with E-state index in [4.69, 9.17) is 10.5 Å². The predicted octanol–water partition coefficient (Wildman–Crippen LogP) is 1.39. The number of piperidine rings is 1. The third-order valence-corrected chi connectivity index (χ3v) is 5.22. The molecule has 2 amide bonds. The van der Waals surface area contributed by atoms with Gasteiger partial charge in [-0.2, -0.15) is 0 Å². The van der Waals surface area contributed by atoms with Crippen molar-refractivity contribution < 1.29 is 14.3 Å². The van der Waals surface area contributed by atoms with Crippen molar-refractivity contribution in [3.63, 3.8) is 0 Å². The van der Waals surface area contributed by atoms with Crippen molar-refractivity contribution >= 4 is 12.0 Å². The Morgan fingerprint density at radius 2 is 1.96 bits per heavy atom. The van der Waals surface area contributed by atoms with Gasteiger partial charge in [-0.1, -0.05) is 30.3 Å². The molecule has 3 rings (SSSR count). The summed E-state index contributed by atoms with van der Waals surface area (Å²) in [5.41, 5.74) is 6.19. The Labute approximate surface area is 142 Å². The van der Waals surface area contributed by atoms with Gasteiger partial charge in [0.25, 0.3) is 0 Å². The molecule has 0 unspecified atom stereocenters. The van der Waals surface area contributed by atoms with E-state index in [-0.39, 0.29) is 18.0 Å². The van der Waals surface area contributed by atoms with Gasteiger partial charge in [-0.15, -0.1) is 0 Å². The number of rotatable bonds is 5. The van der Waals surface area contributed by atoms with Crippen LogP contribution in [0.5, 0.6) is 0 Å². The van der Waals surface area contributed by atoms with Crippen LogP contribution in [0.3, 0.4) is 0 Å². The van der Waals surface area contributed by atoms with E-state index in [0.29, 0.717) is 13.1 Å². The summed E-state index contributed by atoms with van der Waals surface area (Å²) in [5, 5.41) is 0. The van der Waals surface area contributed by atoms with E-state index < -0.39 is 5.60 Å². The van der Waals surface area contributed by atoms with E-state index >= 15 is 0 Å². The molecule has 1 atom stereocenters. The first-order valence-electron chi connectivity index (χ1n) is 8.54. The van der Waals surface area contributed by atoms with E-state index in [1.54, 1.807) is 4.90 Å². The van der Waals surface area contributed by atoms with E-state index in [0.717, 1.165) is 32.4 Å². The topological polar surface area (TPSA) is 75.9 Å². The molecule has 6 heteroatoms. The van der Waals surface area contributed by atoms with Gasteiger partial charge in [-0.25, -0.2) is 4.79 Å². The molecule has 2 N–H and O–H groups in total. The average Bonchev–Trinajstić information content (AvgIpc) is 2.89. The van der Waals surface area contributed by atoms with Crippen LogP contribution in [0.2, 0.25) is 0 Å². The first-order valence-corrected chi connectivity index (χ1v) is 8.54. The molecule has 1 spiro atoms. The summed E-state index contributed by atoms with van der Waals surface area (Å²) in [7, 11) is 0. The normalized spacial score (nSPS) is 21.7. The molecule has 130 valence electrons. The number of primary amides is 1. The number of ether oxygens (including phenoxy) is 1. The van der Waals surface area contributed by atoms with Crippen molar-refractivity contribution in [2.75, 3.05) is 26.2 Å². The zero-order valence-electron chi connectivity index (χ0n) is 14.1. The molecule has 0 aliphatic carbocycles. The van der Waals surface area contributed by atoms with Crippen molar-refractivity contribution in [2.24, 2.45) is 5.73 Å². The van der Waals surface area contributed by atoms with Gasteiger partial charge in [0.05, 0.1) is 12.6 Å². The fourth-order valence-electron chi connectivity index (χ4n) is 3.53. The smallest absolute Gasteiger partial charge is 0.410 e. The highest BCUT2D eigenvalue weighted by Gasteiger charge is 2.47. The van der Waals surface area contributed by atoms with Crippen molar-refractivity contribution in [1.82, 2.24) is 9.80 Å². The number of likely N-dealkylation sites (tertiary alicyclic amines) is 1. The van der Waals surface area contributed by atoms with Crippen LogP contribution in [0, 0.1) is 0 Å². The Kier molecular flexibility index (Phi) is 4.76. The summed E-state index contributed by atoms with van der Waals surface area (Å²) in [6, 6.07) is 9.88. The molecule has 2 fully saturated rings. The van der Waals surface area contributed by atoms with Crippen LogP contribution < -0.4 is 5.73 Å². The summed E-state index contributed by atoms with van der Waals surface area (Å²) in [6.45, 7) is 4.59. The highest BCUT2D eigenvalue weighted by molar-refractivity contribution is 5.79. The highest BCUT2D eigenvalue weighted by atomic mass is 16.6. The summed E-state index contributed by atoms with van der Waals surface area (Å²) in [4.78, 5) is 27.4. The minimum atomic E-state index is -0.401. The second-order valence-electron chi connectivity index (χ2n) is 6.82. The summed E-state index contributed by atoms with van der Waals surface area (Å²) in [5.74, 6) is -0.307. The first kappa shape index (κ1) is 16.8. The van der Waals surface area contributed by atoms with Gasteiger partial charge in [0.1, 0.15) is 5.60 Å². The number of benzene rings is 1. The molecule has 24 heavy (non-hydrogen) atoms. The van der Waals surface area contributed by atoms with Gasteiger partial charge in [0, 0.05) is 32.5 Å². The van der Waals surface area contributed by atoms with E-state index in [1.165, 1.54) is 5.56 Å². The quantitative estimate of drug-likeness (QED) is 0.885. The maximum Gasteiger partial charge on any atom is 0.410 e. The maximum absolute atomic E-state index is 12.2. The molecular weight excluding hydrogens is 306 g/mol. The molecule has 0 aromatic heterocycles. The monoisotopic (exact) mass is 331 g/mol. The van der Waals surface area contributed by atoms with Crippen LogP contribution in [0.15, 0.2) is 30.3 Å². The van der Waals surface area contributed by atoms with Crippen LogP contribution in [-0.2, 0) is 16.0 Å². The maximum atomic E-state index is 12.2. The van der Waals surface area contributed by atoms with Crippen LogP contribution in [-0.4, -0.2) is 59.6 Å². The van der Waals surface area contributed by atoms with Crippen molar-refractivity contribution in [3.05, 3.63) is 35.9 Å². The molecule has 0 radical (unpaired) electrons. The number of carbonyl (C=O) groups is 2. The van der Waals surface area contributed by atoms with Crippen LogP contribution in [0.25, 0.3) is 0 Å². The van der Waals surface area contributed by atoms with E-state index in [9.17, 15) is 9.59 Å². The minimum Gasteiger partial charge on any atom is -0.441 e. The Morgan fingerprint density at radius 1 is 1.29 bits per heavy atom. The zero-order valence-corrected chi connectivity index (χ0v) is 14.1. The van der Waals surface area contributed by atoms with Crippen LogP contribution >= 0.6 is 0 Å². The van der Waals surface area contributed by atoms with Gasteiger partial charge in [-0.05, 0) is 18.9 Å². The van der Waals surface area contributed by atoms with Gasteiger partial charge in [-0.3, -0.25) is 9.69 Å². The summed E-state index contributed by atoms with van der Waals surface area (Å²) < 4.78 is 5.72. The second-order valence-corrected chi connectivity index (χ2v) is 6.82. The molecule has 1 aromatic rings. The van der Waals surface area contributed by atoms with Crippen LogP contribution in [0.1, 0.15) is 25.3 Å². The van der Waals surface area contributed by atoms with Gasteiger partial charge < -0.3 is 15.4 Å². The molecule has 2 aliphatic heterocycles. The molecule has 2 saturated heterocycles. The highest BCUT2D eigenvalue weighted by Crippen LogP contribution is 2.33. The standard InChI is InChI=1S/C18H25N3O3/c1-14(16(19)22)20-11-8-18(9-12-20)13-21(17(23)24-18)10-7-15-5-3-2-4-6-15/h2-6,14H,7-13H2,1H3,(H2,19,22)/t14-/m1/s1. The lowest BCUT2D eigenvalue weighted by molar-refractivity contribution is -0.124. The van der Waals surface area contributed by atoms with Gasteiger partial charge >= 0.3 is 6.09 Å². The molecule has 1 aromatic carbocycles. The van der Waals surface area contributed by atoms with Gasteiger partial charge in [0.2, 0.25) is 5.91 Å². The third-order valence-electron chi connectivity index (χ3n) is 5.22. The molecule has 2 aliphatic rings. The SMILES string of the molecule is C[C@H](C(N)=O)N1CCC2(CC1)CN(CCc1ccccc1)C(=O)O2. The van der Waals surface area contributed by atoms with Gasteiger partial charge in [0.15, 0.2) is 0 Å². The number of hydrogen-bond donors (Lipinski definition) is 1. The number of nitrogens with zero attached hydrogens (tertiary/aromatic N) is 2. The average molecular weight is 331 g/mol. The fraction of sp³-hybridized carbons (Fsp3) is 0.556. The van der Waals surface area contributed by atoms with E-state index in [1.807, 2.05) is 25.1 Å². The number of carbonyl (C=O) groups excluding carboxylic acids is 2. The van der Waals surface area contributed by atoms with E-state index in [2.05, 4.69) is 17.0 Å². The first-order chi connectivity index (χ1) is 11.5. The molecule has 6 nitrogen and oxygen atoms in total. The van der Waals surface area contributed by atoms with Crippen molar-refractivity contribution in [1.29, 1.82) is 0 Å². The Morgan fingerprint density at radius 3 is 2.58 bits per heavy atom. The Bertz CT molecular complexity index is 597. The molecular formula is C18H25N3O3. The lowest BCUT2D eigenvalue weighted by Crippen LogP contribution is -2.52. The number of nitrogens with two attached hydrogens (primary N) is 1.